The Labute approximate surface area is 131 Å². The van der Waals surface area contributed by atoms with Crippen LogP contribution in [0.4, 0.5) is 17.6 Å². The van der Waals surface area contributed by atoms with Crippen LogP contribution in [0.5, 0.6) is 0 Å². The number of rotatable bonds is 5. The molecule has 1 aliphatic heterocycles. The van der Waals surface area contributed by atoms with Gasteiger partial charge in [0.1, 0.15) is 5.82 Å². The molecule has 22 heavy (non-hydrogen) atoms. The summed E-state index contributed by atoms with van der Waals surface area (Å²) in [5.41, 5.74) is 0. The highest BCUT2D eigenvalue weighted by atomic mass is 32.2. The second-order valence-corrected chi connectivity index (χ2v) is 6.58. The van der Waals surface area contributed by atoms with E-state index in [4.69, 9.17) is 0 Å². The minimum absolute atomic E-state index is 0.250. The summed E-state index contributed by atoms with van der Waals surface area (Å²) in [6.07, 6.45) is -6.08. The van der Waals surface area contributed by atoms with Gasteiger partial charge in [-0.1, -0.05) is 12.1 Å². The summed E-state index contributed by atoms with van der Waals surface area (Å²) in [5.74, 6) is -0.275. The molecule has 124 valence electrons. The number of benzene rings is 1. The van der Waals surface area contributed by atoms with E-state index in [1.807, 2.05) is 0 Å². The van der Waals surface area contributed by atoms with Crippen molar-refractivity contribution in [2.75, 3.05) is 25.4 Å². The molecule has 1 saturated heterocycles. The smallest absolute Gasteiger partial charge is 0.383 e. The molecule has 1 aliphatic rings. The Bertz CT molecular complexity index is 475. The van der Waals surface area contributed by atoms with Crippen LogP contribution in [0.1, 0.15) is 12.8 Å². The van der Waals surface area contributed by atoms with Gasteiger partial charge in [0.25, 0.3) is 0 Å². The maximum Gasteiger partial charge on any atom is 0.414 e. The molecule has 1 fully saturated rings. The molecule has 0 bridgehead atoms. The van der Waals surface area contributed by atoms with Crippen LogP contribution in [0, 0.1) is 11.7 Å². The molecule has 0 radical (unpaired) electrons. The molecule has 1 atom stereocenters. The molecule has 7 heteroatoms. The van der Waals surface area contributed by atoms with E-state index < -0.39 is 18.2 Å². The zero-order valence-electron chi connectivity index (χ0n) is 12.0. The fourth-order valence-corrected chi connectivity index (χ4v) is 3.56. The van der Waals surface area contributed by atoms with Gasteiger partial charge in [-0.25, -0.2) is 4.39 Å². The van der Waals surface area contributed by atoms with Crippen molar-refractivity contribution < 1.29 is 22.7 Å². The molecule has 0 aromatic heterocycles. The standard InChI is InChI=1S/C15H19F4NOS/c16-12-3-1-2-4-13(12)22-10-9-20-7-5-11(6-8-20)14(21)15(17,18)19/h1-4,11,14,21H,5-10H2. The zero-order chi connectivity index (χ0) is 16.2. The van der Waals surface area contributed by atoms with E-state index in [0.29, 0.717) is 43.1 Å². The molecule has 0 amide bonds. The van der Waals surface area contributed by atoms with Crippen LogP contribution in [0.25, 0.3) is 0 Å². The minimum Gasteiger partial charge on any atom is -0.383 e. The van der Waals surface area contributed by atoms with E-state index in [-0.39, 0.29) is 5.82 Å². The van der Waals surface area contributed by atoms with Gasteiger partial charge in [0.15, 0.2) is 6.10 Å². The fraction of sp³-hybridized carbons (Fsp3) is 0.600. The first kappa shape index (κ1) is 17.6. The zero-order valence-corrected chi connectivity index (χ0v) is 12.8. The molecule has 0 spiro atoms. The van der Waals surface area contributed by atoms with Gasteiger partial charge in [0.05, 0.1) is 0 Å². The van der Waals surface area contributed by atoms with Crippen molar-refractivity contribution >= 4 is 11.8 Å². The molecule has 2 rings (SSSR count). The number of aliphatic hydroxyl groups is 1. The third-order valence-electron chi connectivity index (χ3n) is 3.92. The maximum absolute atomic E-state index is 13.4. The Kier molecular flexibility index (Phi) is 6.11. The Morgan fingerprint density at radius 3 is 2.45 bits per heavy atom. The van der Waals surface area contributed by atoms with Crippen molar-refractivity contribution in [1.82, 2.24) is 4.90 Å². The topological polar surface area (TPSA) is 23.5 Å². The lowest BCUT2D eigenvalue weighted by Gasteiger charge is -2.34. The van der Waals surface area contributed by atoms with Gasteiger partial charge in [0.2, 0.25) is 0 Å². The molecule has 1 aromatic rings. The number of nitrogens with zero attached hydrogens (tertiary/aromatic N) is 1. The highest BCUT2D eigenvalue weighted by Gasteiger charge is 2.44. The average Bonchev–Trinajstić information content (AvgIpc) is 2.48. The van der Waals surface area contributed by atoms with E-state index in [1.165, 1.54) is 17.8 Å². The highest BCUT2D eigenvalue weighted by molar-refractivity contribution is 7.99. The molecule has 1 aromatic carbocycles. The van der Waals surface area contributed by atoms with E-state index in [0.717, 1.165) is 0 Å². The van der Waals surface area contributed by atoms with E-state index in [1.54, 1.807) is 18.2 Å². The normalized spacial score (nSPS) is 19.3. The second kappa shape index (κ2) is 7.66. The number of likely N-dealkylation sites (tertiary alicyclic amines) is 1. The molecule has 2 nitrogen and oxygen atoms in total. The first-order chi connectivity index (χ1) is 10.4. The van der Waals surface area contributed by atoms with Crippen LogP contribution in [-0.2, 0) is 0 Å². The summed E-state index contributed by atoms with van der Waals surface area (Å²) in [5, 5.41) is 9.26. The predicted molar refractivity (Wildman–Crippen MR) is 78.3 cm³/mol. The van der Waals surface area contributed by atoms with Gasteiger partial charge in [-0.2, -0.15) is 13.2 Å². The molecule has 1 N–H and O–H groups in total. The Hall–Kier alpha value is -0.790. The second-order valence-electron chi connectivity index (χ2n) is 5.44. The third kappa shape index (κ3) is 4.86. The van der Waals surface area contributed by atoms with Crippen LogP contribution in [0.15, 0.2) is 29.2 Å². The maximum atomic E-state index is 13.4. The van der Waals surface area contributed by atoms with E-state index in [9.17, 15) is 22.7 Å². The molecular formula is C15H19F4NOS. The van der Waals surface area contributed by atoms with Crippen LogP contribution in [0.3, 0.4) is 0 Å². The number of thioether (sulfide) groups is 1. The number of piperidine rings is 1. The van der Waals surface area contributed by atoms with Crippen molar-refractivity contribution in [3.63, 3.8) is 0 Å². The Morgan fingerprint density at radius 1 is 1.23 bits per heavy atom. The fourth-order valence-electron chi connectivity index (χ4n) is 2.61. The van der Waals surface area contributed by atoms with Crippen molar-refractivity contribution in [1.29, 1.82) is 0 Å². The third-order valence-corrected chi connectivity index (χ3v) is 4.94. The van der Waals surface area contributed by atoms with E-state index in [2.05, 4.69) is 4.90 Å². The number of alkyl halides is 3. The summed E-state index contributed by atoms with van der Waals surface area (Å²) >= 11 is 1.41. The number of hydrogen-bond donors (Lipinski definition) is 1. The minimum atomic E-state index is -4.53. The van der Waals surface area contributed by atoms with Gasteiger partial charge >= 0.3 is 6.18 Å². The summed E-state index contributed by atoms with van der Waals surface area (Å²) in [7, 11) is 0. The summed E-state index contributed by atoms with van der Waals surface area (Å²) in [6, 6.07) is 6.53. The van der Waals surface area contributed by atoms with Gasteiger partial charge in [-0.3, -0.25) is 0 Å². The number of hydrogen-bond acceptors (Lipinski definition) is 3. The van der Waals surface area contributed by atoms with Gasteiger partial charge in [-0.15, -0.1) is 11.8 Å². The summed E-state index contributed by atoms with van der Waals surface area (Å²) in [4.78, 5) is 2.65. The molecule has 0 aliphatic carbocycles. The van der Waals surface area contributed by atoms with Gasteiger partial charge in [0, 0.05) is 17.2 Å². The predicted octanol–water partition coefficient (Wildman–Crippen LogP) is 3.55. The quantitative estimate of drug-likeness (QED) is 0.657. The Balaban J connectivity index is 1.71. The summed E-state index contributed by atoms with van der Waals surface area (Å²) < 4.78 is 50.8. The van der Waals surface area contributed by atoms with Crippen molar-refractivity contribution in [2.45, 2.75) is 30.0 Å². The van der Waals surface area contributed by atoms with Crippen molar-refractivity contribution in [3.8, 4) is 0 Å². The lowest BCUT2D eigenvalue weighted by atomic mass is 9.91. The molecule has 0 saturated carbocycles. The number of halogens is 4. The summed E-state index contributed by atoms with van der Waals surface area (Å²) in [6.45, 7) is 1.78. The van der Waals surface area contributed by atoms with Crippen LogP contribution >= 0.6 is 11.8 Å². The highest BCUT2D eigenvalue weighted by Crippen LogP contribution is 2.31. The van der Waals surface area contributed by atoms with Gasteiger partial charge in [-0.05, 0) is 44.0 Å². The lowest BCUT2D eigenvalue weighted by Crippen LogP contribution is -2.43. The Morgan fingerprint density at radius 2 is 1.86 bits per heavy atom. The van der Waals surface area contributed by atoms with E-state index >= 15 is 0 Å². The monoisotopic (exact) mass is 337 g/mol. The molecule has 1 unspecified atom stereocenters. The molecular weight excluding hydrogens is 318 g/mol. The van der Waals surface area contributed by atoms with Gasteiger partial charge < -0.3 is 10.0 Å². The first-order valence-corrected chi connectivity index (χ1v) is 8.21. The largest absolute Gasteiger partial charge is 0.414 e. The average molecular weight is 337 g/mol. The number of aliphatic hydroxyl groups excluding tert-OH is 1. The molecule has 1 heterocycles. The van der Waals surface area contributed by atoms with Crippen molar-refractivity contribution in [3.05, 3.63) is 30.1 Å². The van der Waals surface area contributed by atoms with Crippen LogP contribution < -0.4 is 0 Å². The van der Waals surface area contributed by atoms with Crippen molar-refractivity contribution in [2.24, 2.45) is 5.92 Å². The SMILES string of the molecule is OC(C1CCN(CCSc2ccccc2F)CC1)C(F)(F)F. The van der Waals surface area contributed by atoms with Crippen LogP contribution in [-0.4, -0.2) is 47.7 Å². The first-order valence-electron chi connectivity index (χ1n) is 7.22. The lowest BCUT2D eigenvalue weighted by molar-refractivity contribution is -0.223. The van der Waals surface area contributed by atoms with Crippen LogP contribution in [0.2, 0.25) is 0 Å².